The van der Waals surface area contributed by atoms with Crippen molar-refractivity contribution in [1.29, 1.82) is 0 Å². The SMILES string of the molecule is [CH3-].[Ir].[Y].[c-]1cccc2c1c1nc3ccccc3n1c1ccccc21. The first-order chi connectivity index (χ1) is 10.4. The van der Waals surface area contributed by atoms with Crippen molar-refractivity contribution >= 4 is 38.4 Å². The summed E-state index contributed by atoms with van der Waals surface area (Å²) in [6, 6.07) is 26.3. The second-order valence-corrected chi connectivity index (χ2v) is 5.24. The zero-order valence-corrected chi connectivity index (χ0v) is 18.4. The monoisotopic (exact) mass is 564 g/mol. The van der Waals surface area contributed by atoms with E-state index in [-0.39, 0.29) is 60.2 Å². The Morgan fingerprint density at radius 2 is 1.46 bits per heavy atom. The molecule has 0 bridgehead atoms. The molecule has 118 valence electrons. The van der Waals surface area contributed by atoms with Crippen LogP contribution in [0.25, 0.3) is 38.4 Å². The molecule has 5 rings (SSSR count). The van der Waals surface area contributed by atoms with Gasteiger partial charge in [0.1, 0.15) is 0 Å². The van der Waals surface area contributed by atoms with Gasteiger partial charge in [-0.1, -0.05) is 35.7 Å². The standard InChI is InChI=1S/C19H11N2.CH3.Ir.Y/c1-2-9-15-13(7-1)14-8-3-5-11-17(14)21-18-12-6-4-10-16(18)20-19(15)21;;;/h1-8,10-12H;1H3;;/q2*-1;;. The van der Waals surface area contributed by atoms with Crippen LogP contribution in [-0.4, -0.2) is 9.38 Å². The minimum absolute atomic E-state index is 0. The van der Waals surface area contributed by atoms with Crippen LogP contribution in [0.15, 0.2) is 66.7 Å². The molecular weight excluding hydrogens is 549 g/mol. The number of pyridine rings is 1. The van der Waals surface area contributed by atoms with Crippen LogP contribution in [0.2, 0.25) is 0 Å². The Hall–Kier alpha value is -1.12. The zero-order valence-electron chi connectivity index (χ0n) is 13.2. The van der Waals surface area contributed by atoms with E-state index in [2.05, 4.69) is 59.0 Å². The van der Waals surface area contributed by atoms with Crippen LogP contribution >= 0.6 is 0 Å². The number of fused-ring (bicyclic) bond motifs is 8. The van der Waals surface area contributed by atoms with Gasteiger partial charge < -0.3 is 11.8 Å². The van der Waals surface area contributed by atoms with Crippen molar-refractivity contribution in [3.8, 4) is 0 Å². The number of benzene rings is 3. The predicted molar refractivity (Wildman–Crippen MR) is 93.0 cm³/mol. The van der Waals surface area contributed by atoms with Gasteiger partial charge in [0.05, 0.1) is 16.7 Å². The van der Waals surface area contributed by atoms with E-state index in [1.54, 1.807) is 0 Å². The third-order valence-electron chi connectivity index (χ3n) is 4.08. The summed E-state index contributed by atoms with van der Waals surface area (Å²) in [6.07, 6.45) is 0. The summed E-state index contributed by atoms with van der Waals surface area (Å²) < 4.78 is 2.24. The number of para-hydroxylation sites is 3. The second kappa shape index (κ2) is 7.41. The molecule has 0 aliphatic rings. The van der Waals surface area contributed by atoms with Crippen LogP contribution in [-0.2, 0) is 52.8 Å². The fraction of sp³-hybridized carbons (Fsp3) is 0. The molecular formula is C20H14IrN2Y-2. The zero-order chi connectivity index (χ0) is 13.8. The number of nitrogens with zero attached hydrogens (tertiary/aromatic N) is 2. The molecule has 0 atom stereocenters. The molecule has 0 N–H and O–H groups in total. The van der Waals surface area contributed by atoms with Crippen LogP contribution in [0, 0.1) is 13.5 Å². The van der Waals surface area contributed by atoms with Crippen molar-refractivity contribution in [1.82, 2.24) is 9.38 Å². The van der Waals surface area contributed by atoms with Crippen LogP contribution in [0.4, 0.5) is 0 Å². The maximum Gasteiger partial charge on any atom is 0.0774 e. The van der Waals surface area contributed by atoms with E-state index in [0.717, 1.165) is 22.1 Å². The van der Waals surface area contributed by atoms with E-state index in [9.17, 15) is 0 Å². The van der Waals surface area contributed by atoms with Gasteiger partial charge in [-0.3, -0.25) is 4.98 Å². The Morgan fingerprint density at radius 1 is 0.792 bits per heavy atom. The van der Waals surface area contributed by atoms with Gasteiger partial charge in [0.25, 0.3) is 0 Å². The third kappa shape index (κ3) is 2.64. The molecule has 2 radical (unpaired) electrons. The predicted octanol–water partition coefficient (Wildman–Crippen LogP) is 5.04. The first-order valence-corrected chi connectivity index (χ1v) is 7.02. The fourth-order valence-corrected chi connectivity index (χ4v) is 3.18. The summed E-state index contributed by atoms with van der Waals surface area (Å²) >= 11 is 0. The first-order valence-electron chi connectivity index (χ1n) is 7.02. The van der Waals surface area contributed by atoms with Gasteiger partial charge in [-0.15, -0.1) is 29.7 Å². The fourth-order valence-electron chi connectivity index (χ4n) is 3.18. The number of imidazole rings is 1. The summed E-state index contributed by atoms with van der Waals surface area (Å²) in [5, 5.41) is 3.52. The number of rotatable bonds is 0. The molecule has 24 heavy (non-hydrogen) atoms. The molecule has 5 aromatic rings. The molecule has 0 spiro atoms. The Balaban J connectivity index is 0.000000694. The van der Waals surface area contributed by atoms with Gasteiger partial charge >= 0.3 is 0 Å². The third-order valence-corrected chi connectivity index (χ3v) is 4.08. The molecule has 2 nitrogen and oxygen atoms in total. The van der Waals surface area contributed by atoms with Crippen molar-refractivity contribution in [3.63, 3.8) is 0 Å². The largest absolute Gasteiger partial charge is 0.358 e. The Labute approximate surface area is 179 Å². The molecule has 3 aromatic carbocycles. The average molecular weight is 563 g/mol. The maximum atomic E-state index is 4.83. The molecule has 4 heteroatoms. The van der Waals surface area contributed by atoms with E-state index >= 15 is 0 Å². The molecule has 0 saturated carbocycles. The summed E-state index contributed by atoms with van der Waals surface area (Å²) in [4.78, 5) is 4.83. The average Bonchev–Trinajstić information content (AvgIpc) is 2.95. The minimum atomic E-state index is 0. The molecule has 2 aromatic heterocycles. The Kier molecular flexibility index (Phi) is 5.93. The van der Waals surface area contributed by atoms with Crippen LogP contribution < -0.4 is 0 Å². The molecule has 0 unspecified atom stereocenters. The van der Waals surface area contributed by atoms with Gasteiger partial charge in [-0.05, 0) is 23.6 Å². The van der Waals surface area contributed by atoms with E-state index < -0.39 is 0 Å². The van der Waals surface area contributed by atoms with Gasteiger partial charge in [-0.25, -0.2) is 0 Å². The van der Waals surface area contributed by atoms with Crippen molar-refractivity contribution < 1.29 is 52.8 Å². The quantitative estimate of drug-likeness (QED) is 0.191. The van der Waals surface area contributed by atoms with Crippen molar-refractivity contribution in [2.24, 2.45) is 0 Å². The van der Waals surface area contributed by atoms with E-state index in [4.69, 9.17) is 4.98 Å². The van der Waals surface area contributed by atoms with Gasteiger partial charge in [0, 0.05) is 58.3 Å². The first kappa shape index (κ1) is 19.2. The molecule has 0 aliphatic carbocycles. The summed E-state index contributed by atoms with van der Waals surface area (Å²) in [7, 11) is 0. The smallest absolute Gasteiger partial charge is 0.0774 e. The van der Waals surface area contributed by atoms with Crippen molar-refractivity contribution in [2.75, 3.05) is 0 Å². The molecule has 2 heterocycles. The number of hydrogen-bond donors (Lipinski definition) is 0. The number of hydrogen-bond acceptors (Lipinski definition) is 1. The van der Waals surface area contributed by atoms with Crippen molar-refractivity contribution in [2.45, 2.75) is 0 Å². The van der Waals surface area contributed by atoms with E-state index in [1.165, 1.54) is 16.3 Å². The minimum Gasteiger partial charge on any atom is -0.358 e. The summed E-state index contributed by atoms with van der Waals surface area (Å²) in [6.45, 7) is 0. The Bertz CT molecular complexity index is 1150. The van der Waals surface area contributed by atoms with Crippen LogP contribution in [0.1, 0.15) is 0 Å². The second-order valence-electron chi connectivity index (χ2n) is 5.24. The van der Waals surface area contributed by atoms with Gasteiger partial charge in [0.15, 0.2) is 0 Å². The Morgan fingerprint density at radius 3 is 2.29 bits per heavy atom. The van der Waals surface area contributed by atoms with Crippen molar-refractivity contribution in [3.05, 3.63) is 80.2 Å². The van der Waals surface area contributed by atoms with Gasteiger partial charge in [-0.2, -0.15) is 0 Å². The molecule has 0 saturated heterocycles. The molecule has 0 aliphatic heterocycles. The van der Waals surface area contributed by atoms with E-state index in [0.29, 0.717) is 0 Å². The van der Waals surface area contributed by atoms with Crippen LogP contribution in [0.5, 0.6) is 0 Å². The summed E-state index contributed by atoms with van der Waals surface area (Å²) in [5.74, 6) is 0. The number of aromatic nitrogens is 2. The normalized spacial score (nSPS) is 10.3. The maximum absolute atomic E-state index is 4.83. The molecule has 0 amide bonds. The molecule has 0 fully saturated rings. The van der Waals surface area contributed by atoms with E-state index in [1.807, 2.05) is 18.2 Å². The topological polar surface area (TPSA) is 17.3 Å². The van der Waals surface area contributed by atoms with Gasteiger partial charge in [0.2, 0.25) is 0 Å². The van der Waals surface area contributed by atoms with Crippen LogP contribution in [0.3, 0.4) is 0 Å². The summed E-state index contributed by atoms with van der Waals surface area (Å²) in [5.41, 5.74) is 4.33.